The lowest BCUT2D eigenvalue weighted by Gasteiger charge is -2.33. The number of nitrogens with zero attached hydrogens (tertiary/aromatic N) is 3. The molecule has 5 rings (SSSR count). The fourth-order valence-electron chi connectivity index (χ4n) is 4.19. The van der Waals surface area contributed by atoms with Gasteiger partial charge in [-0.25, -0.2) is 0 Å². The topological polar surface area (TPSA) is 56.2 Å². The lowest BCUT2D eigenvalue weighted by atomic mass is 9.94. The van der Waals surface area contributed by atoms with Crippen LogP contribution in [0.25, 0.3) is 0 Å². The van der Waals surface area contributed by atoms with E-state index in [1.165, 1.54) is 0 Å². The van der Waals surface area contributed by atoms with E-state index in [1.807, 2.05) is 36.2 Å². The molecular formula is C22H25N3O3S. The van der Waals surface area contributed by atoms with E-state index < -0.39 is 0 Å². The smallest absolute Gasteiger partial charge is 0.231 e. The molecule has 3 aliphatic heterocycles. The van der Waals surface area contributed by atoms with E-state index in [9.17, 15) is 0 Å². The first kappa shape index (κ1) is 18.6. The van der Waals surface area contributed by atoms with E-state index in [0.717, 1.165) is 52.3 Å². The van der Waals surface area contributed by atoms with Gasteiger partial charge in [0.2, 0.25) is 6.79 Å². The molecule has 2 aromatic rings. The number of aromatic nitrogens is 1. The minimum Gasteiger partial charge on any atom is -0.493 e. The number of amidine groups is 1. The van der Waals surface area contributed by atoms with Crippen LogP contribution in [0.3, 0.4) is 0 Å². The summed E-state index contributed by atoms with van der Waals surface area (Å²) < 4.78 is 17.5. The lowest BCUT2D eigenvalue weighted by Crippen LogP contribution is -2.35. The standard InChI is InChI=1S/C22H25N3O3S/c1-3-9-26-17-11-19-18(27-13-28-19)10-15(17)21-20(16-7-5-6-8-23-16)24-22-25(21)14(4-2)12-29-22/h5-8,10-11,14,20-21H,3-4,9,12-13H2,1-2H3/t14-,20-,21+/m0/s1. The molecule has 29 heavy (non-hydrogen) atoms. The number of hydrogen-bond acceptors (Lipinski definition) is 7. The van der Waals surface area contributed by atoms with Crippen molar-refractivity contribution in [1.29, 1.82) is 0 Å². The normalized spacial score (nSPS) is 24.6. The highest BCUT2D eigenvalue weighted by atomic mass is 32.2. The third-order valence-corrected chi connectivity index (χ3v) is 6.74. The summed E-state index contributed by atoms with van der Waals surface area (Å²) in [5, 5.41) is 1.11. The number of ether oxygens (including phenoxy) is 3. The van der Waals surface area contributed by atoms with Crippen molar-refractivity contribution in [3.05, 3.63) is 47.8 Å². The van der Waals surface area contributed by atoms with Gasteiger partial charge in [0.25, 0.3) is 0 Å². The highest BCUT2D eigenvalue weighted by Crippen LogP contribution is 2.52. The number of aliphatic imine (C=N–C) groups is 1. The van der Waals surface area contributed by atoms with Crippen LogP contribution in [0.1, 0.15) is 50.0 Å². The second-order valence-electron chi connectivity index (χ2n) is 7.43. The van der Waals surface area contributed by atoms with Gasteiger partial charge in [-0.05, 0) is 31.0 Å². The van der Waals surface area contributed by atoms with Crippen molar-refractivity contribution in [2.75, 3.05) is 19.2 Å². The Bertz CT molecular complexity index is 921. The van der Waals surface area contributed by atoms with Gasteiger partial charge in [0.05, 0.1) is 18.3 Å². The Morgan fingerprint density at radius 1 is 1.21 bits per heavy atom. The van der Waals surface area contributed by atoms with Gasteiger partial charge < -0.3 is 19.1 Å². The summed E-state index contributed by atoms with van der Waals surface area (Å²) in [5.41, 5.74) is 2.08. The van der Waals surface area contributed by atoms with Crippen LogP contribution in [0.2, 0.25) is 0 Å². The first-order valence-corrected chi connectivity index (χ1v) is 11.2. The van der Waals surface area contributed by atoms with Crippen molar-refractivity contribution in [3.8, 4) is 17.2 Å². The van der Waals surface area contributed by atoms with Crippen LogP contribution in [0, 0.1) is 0 Å². The minimum atomic E-state index is -0.0719. The third-order valence-electron chi connectivity index (χ3n) is 5.61. The molecule has 0 radical (unpaired) electrons. The van der Waals surface area contributed by atoms with Gasteiger partial charge in [0.15, 0.2) is 16.7 Å². The number of fused-ring (bicyclic) bond motifs is 2. The predicted molar refractivity (Wildman–Crippen MR) is 114 cm³/mol. The molecule has 1 aromatic heterocycles. The maximum atomic E-state index is 6.19. The average Bonchev–Trinajstić information content (AvgIpc) is 3.46. The van der Waals surface area contributed by atoms with Gasteiger partial charge in [-0.15, -0.1) is 0 Å². The zero-order valence-corrected chi connectivity index (χ0v) is 17.5. The van der Waals surface area contributed by atoms with Crippen molar-refractivity contribution < 1.29 is 14.2 Å². The van der Waals surface area contributed by atoms with E-state index in [0.29, 0.717) is 12.6 Å². The summed E-state index contributed by atoms with van der Waals surface area (Å²) in [7, 11) is 0. The van der Waals surface area contributed by atoms with E-state index in [-0.39, 0.29) is 18.9 Å². The number of thioether (sulfide) groups is 1. The predicted octanol–water partition coefficient (Wildman–Crippen LogP) is 4.58. The zero-order chi connectivity index (χ0) is 19.8. The van der Waals surface area contributed by atoms with Crippen LogP contribution in [0.5, 0.6) is 17.2 Å². The maximum Gasteiger partial charge on any atom is 0.231 e. The molecule has 3 aliphatic rings. The molecule has 0 saturated carbocycles. The van der Waals surface area contributed by atoms with Crippen molar-refractivity contribution >= 4 is 16.9 Å². The molecule has 3 atom stereocenters. The summed E-state index contributed by atoms with van der Waals surface area (Å²) in [6.45, 7) is 5.27. The van der Waals surface area contributed by atoms with E-state index in [2.05, 4.69) is 35.9 Å². The molecule has 7 heteroatoms. The number of rotatable bonds is 6. The van der Waals surface area contributed by atoms with Gasteiger partial charge in [-0.1, -0.05) is 31.7 Å². The molecular weight excluding hydrogens is 386 g/mol. The fourth-order valence-corrected chi connectivity index (χ4v) is 5.53. The maximum absolute atomic E-state index is 6.19. The van der Waals surface area contributed by atoms with Crippen LogP contribution >= 0.6 is 11.8 Å². The van der Waals surface area contributed by atoms with Crippen LogP contribution in [-0.2, 0) is 0 Å². The van der Waals surface area contributed by atoms with Crippen LogP contribution in [0.4, 0.5) is 0 Å². The van der Waals surface area contributed by atoms with Crippen LogP contribution in [0.15, 0.2) is 41.5 Å². The van der Waals surface area contributed by atoms with Gasteiger partial charge in [-0.2, -0.15) is 0 Å². The Morgan fingerprint density at radius 3 is 2.83 bits per heavy atom. The van der Waals surface area contributed by atoms with E-state index in [1.54, 1.807) is 0 Å². The molecule has 0 amide bonds. The molecule has 0 N–H and O–H groups in total. The van der Waals surface area contributed by atoms with Gasteiger partial charge in [0.1, 0.15) is 11.8 Å². The Kier molecular flexibility index (Phi) is 4.99. The van der Waals surface area contributed by atoms with Crippen molar-refractivity contribution in [2.24, 2.45) is 4.99 Å². The second kappa shape index (κ2) is 7.78. The van der Waals surface area contributed by atoms with Crippen LogP contribution < -0.4 is 14.2 Å². The Labute approximate surface area is 175 Å². The zero-order valence-electron chi connectivity index (χ0n) is 16.7. The SMILES string of the molecule is CCCOc1cc2c(cc1[C@@H]1[C@H](c3ccccn3)N=C3SC[C@H](CC)N31)OCO2. The van der Waals surface area contributed by atoms with E-state index >= 15 is 0 Å². The monoisotopic (exact) mass is 411 g/mol. The highest BCUT2D eigenvalue weighted by Gasteiger charge is 2.47. The average molecular weight is 412 g/mol. The molecule has 1 saturated heterocycles. The number of benzene rings is 1. The first-order chi connectivity index (χ1) is 14.3. The molecule has 0 aliphatic carbocycles. The first-order valence-electron chi connectivity index (χ1n) is 10.3. The quantitative estimate of drug-likeness (QED) is 0.694. The highest BCUT2D eigenvalue weighted by molar-refractivity contribution is 8.14. The Hall–Kier alpha value is -2.41. The Morgan fingerprint density at radius 2 is 2.07 bits per heavy atom. The van der Waals surface area contributed by atoms with Crippen molar-refractivity contribution in [2.45, 2.75) is 44.8 Å². The molecule has 152 valence electrons. The van der Waals surface area contributed by atoms with Gasteiger partial charge in [0, 0.05) is 29.6 Å². The van der Waals surface area contributed by atoms with Gasteiger partial charge >= 0.3 is 0 Å². The summed E-state index contributed by atoms with van der Waals surface area (Å²) in [5.74, 6) is 3.44. The summed E-state index contributed by atoms with van der Waals surface area (Å²) >= 11 is 1.84. The summed E-state index contributed by atoms with van der Waals surface area (Å²) in [6.07, 6.45) is 3.86. The van der Waals surface area contributed by atoms with E-state index in [4.69, 9.17) is 19.2 Å². The molecule has 1 aromatic carbocycles. The summed E-state index contributed by atoms with van der Waals surface area (Å²) in [6, 6.07) is 10.5. The van der Waals surface area contributed by atoms with Gasteiger partial charge in [-0.3, -0.25) is 9.98 Å². The molecule has 0 unspecified atom stereocenters. The minimum absolute atomic E-state index is 0.0289. The molecule has 0 spiro atoms. The second-order valence-corrected chi connectivity index (χ2v) is 8.42. The van der Waals surface area contributed by atoms with Crippen molar-refractivity contribution in [1.82, 2.24) is 9.88 Å². The molecule has 6 nitrogen and oxygen atoms in total. The number of hydrogen-bond donors (Lipinski definition) is 0. The Balaban J connectivity index is 1.63. The van der Waals surface area contributed by atoms with Crippen LogP contribution in [-0.4, -0.2) is 40.2 Å². The molecule has 0 bridgehead atoms. The third kappa shape index (κ3) is 3.21. The summed E-state index contributed by atoms with van der Waals surface area (Å²) in [4.78, 5) is 12.2. The molecule has 1 fully saturated rings. The fraction of sp³-hybridized carbons (Fsp3) is 0.455. The largest absolute Gasteiger partial charge is 0.493 e. The van der Waals surface area contributed by atoms with Crippen molar-refractivity contribution in [3.63, 3.8) is 0 Å². The number of pyridine rings is 1. The molecule has 4 heterocycles. The lowest BCUT2D eigenvalue weighted by molar-refractivity contribution is 0.173.